The summed E-state index contributed by atoms with van der Waals surface area (Å²) in [5.74, 6) is -0.434. The van der Waals surface area contributed by atoms with Gasteiger partial charge in [0.15, 0.2) is 0 Å². The van der Waals surface area contributed by atoms with Gasteiger partial charge in [0, 0.05) is 17.8 Å². The summed E-state index contributed by atoms with van der Waals surface area (Å²) in [7, 11) is 0. The summed E-state index contributed by atoms with van der Waals surface area (Å²) in [5.41, 5.74) is 5.75. The van der Waals surface area contributed by atoms with Crippen molar-refractivity contribution < 1.29 is 9.18 Å². The summed E-state index contributed by atoms with van der Waals surface area (Å²) in [6, 6.07) is 12.4. The molecule has 1 amide bonds. The van der Waals surface area contributed by atoms with Crippen molar-refractivity contribution in [2.24, 2.45) is 0 Å². The minimum atomic E-state index is -0.285. The first kappa shape index (κ1) is 14.1. The minimum absolute atomic E-state index is 0.128. The zero-order chi connectivity index (χ0) is 15.0. The van der Waals surface area contributed by atoms with Crippen LogP contribution in [0.4, 0.5) is 10.1 Å². The van der Waals surface area contributed by atoms with E-state index in [1.54, 1.807) is 6.07 Å². The van der Waals surface area contributed by atoms with Crippen LogP contribution >= 0.6 is 15.9 Å². The molecule has 5 heteroatoms. The van der Waals surface area contributed by atoms with E-state index in [-0.39, 0.29) is 17.8 Å². The van der Waals surface area contributed by atoms with Gasteiger partial charge in [-0.05, 0) is 35.4 Å². The molecule has 3 rings (SSSR count). The fourth-order valence-corrected chi connectivity index (χ4v) is 3.22. The summed E-state index contributed by atoms with van der Waals surface area (Å²) in [4.78, 5) is 11.5. The fourth-order valence-electron chi connectivity index (χ4n) is 2.71. The van der Waals surface area contributed by atoms with Crippen molar-refractivity contribution in [1.82, 2.24) is 5.43 Å². The molecule has 21 heavy (non-hydrogen) atoms. The lowest BCUT2D eigenvalue weighted by atomic mass is 10.0. The van der Waals surface area contributed by atoms with Crippen molar-refractivity contribution >= 4 is 27.5 Å². The lowest BCUT2D eigenvalue weighted by Crippen LogP contribution is -2.41. The van der Waals surface area contributed by atoms with Gasteiger partial charge in [0.1, 0.15) is 5.82 Å². The molecule has 1 aliphatic heterocycles. The van der Waals surface area contributed by atoms with Crippen LogP contribution in [0.5, 0.6) is 0 Å². The molecule has 0 radical (unpaired) electrons. The maximum atomic E-state index is 13.6. The highest BCUT2D eigenvalue weighted by molar-refractivity contribution is 9.10. The van der Waals surface area contributed by atoms with Crippen LogP contribution < -0.4 is 10.4 Å². The number of hydrogen-bond donors (Lipinski definition) is 1. The van der Waals surface area contributed by atoms with Crippen LogP contribution in [0.2, 0.25) is 0 Å². The number of carbonyl (C=O) groups excluding carboxylic acids is 1. The monoisotopic (exact) mass is 348 g/mol. The van der Waals surface area contributed by atoms with Gasteiger partial charge < -0.3 is 0 Å². The first-order valence-corrected chi connectivity index (χ1v) is 7.45. The molecule has 0 saturated heterocycles. The van der Waals surface area contributed by atoms with E-state index >= 15 is 0 Å². The van der Waals surface area contributed by atoms with Crippen LogP contribution in [0.15, 0.2) is 46.9 Å². The molecule has 3 nitrogen and oxygen atoms in total. The predicted molar refractivity (Wildman–Crippen MR) is 83.3 cm³/mol. The highest BCUT2D eigenvalue weighted by Gasteiger charge is 2.32. The molecule has 2 aromatic carbocycles. The van der Waals surface area contributed by atoms with Crippen LogP contribution in [-0.4, -0.2) is 5.91 Å². The van der Waals surface area contributed by atoms with Gasteiger partial charge >= 0.3 is 0 Å². The normalized spacial score (nSPS) is 16.7. The third kappa shape index (κ3) is 2.65. The molecule has 1 heterocycles. The summed E-state index contributed by atoms with van der Waals surface area (Å²) in [6.45, 7) is 1.47. The third-order valence-corrected chi connectivity index (χ3v) is 4.29. The molecule has 0 bridgehead atoms. The number of nitrogens with one attached hydrogen (secondary N) is 1. The van der Waals surface area contributed by atoms with Crippen LogP contribution in [0.3, 0.4) is 0 Å². The highest BCUT2D eigenvalue weighted by Crippen LogP contribution is 2.41. The summed E-state index contributed by atoms with van der Waals surface area (Å²) in [6.07, 6.45) is 0.721. The average molecular weight is 349 g/mol. The van der Waals surface area contributed by atoms with E-state index in [4.69, 9.17) is 0 Å². The van der Waals surface area contributed by atoms with E-state index in [9.17, 15) is 9.18 Å². The molecule has 0 aliphatic carbocycles. The third-order valence-electron chi connectivity index (χ3n) is 3.57. The van der Waals surface area contributed by atoms with Crippen LogP contribution in [-0.2, 0) is 11.2 Å². The number of anilines is 1. The Morgan fingerprint density at radius 3 is 2.86 bits per heavy atom. The number of rotatable bonds is 2. The second-order valence-electron chi connectivity index (χ2n) is 5.05. The molecular formula is C16H14BrFN2O. The maximum Gasteiger partial charge on any atom is 0.235 e. The largest absolute Gasteiger partial charge is 0.277 e. The number of hydrogen-bond acceptors (Lipinski definition) is 2. The van der Waals surface area contributed by atoms with Crippen molar-refractivity contribution in [3.8, 4) is 0 Å². The SMILES string of the molecule is CC(=O)NN1c2ccccc2CC1c1cc(F)ccc1Br. The molecule has 2 aromatic rings. The Kier molecular flexibility index (Phi) is 3.68. The average Bonchev–Trinajstić information content (AvgIpc) is 2.80. The summed E-state index contributed by atoms with van der Waals surface area (Å²) < 4.78 is 14.4. The van der Waals surface area contributed by atoms with E-state index in [1.165, 1.54) is 19.1 Å². The standard InChI is InChI=1S/C16H14BrFN2O/c1-10(21)19-20-15-5-3-2-4-11(15)8-16(20)13-9-12(18)6-7-14(13)17/h2-7,9,16H,8H2,1H3,(H,19,21). The maximum absolute atomic E-state index is 13.6. The van der Waals surface area contributed by atoms with Crippen molar-refractivity contribution in [1.29, 1.82) is 0 Å². The number of benzene rings is 2. The van der Waals surface area contributed by atoms with Gasteiger partial charge in [-0.25, -0.2) is 4.39 Å². The Bertz CT molecular complexity index is 704. The highest BCUT2D eigenvalue weighted by atomic mass is 79.9. The van der Waals surface area contributed by atoms with Gasteiger partial charge in [-0.1, -0.05) is 34.1 Å². The minimum Gasteiger partial charge on any atom is -0.277 e. The topological polar surface area (TPSA) is 32.3 Å². The van der Waals surface area contributed by atoms with Crippen LogP contribution in [0, 0.1) is 5.82 Å². The van der Waals surface area contributed by atoms with Gasteiger partial charge in [-0.2, -0.15) is 0 Å². The van der Waals surface area contributed by atoms with Gasteiger partial charge in [0.2, 0.25) is 5.91 Å². The number of hydrazine groups is 1. The lowest BCUT2D eigenvalue weighted by Gasteiger charge is -2.28. The fraction of sp³-hybridized carbons (Fsp3) is 0.188. The Balaban J connectivity index is 2.06. The molecule has 1 unspecified atom stereocenters. The van der Waals surface area contributed by atoms with Gasteiger partial charge in [0.05, 0.1) is 11.7 Å². The number of halogens is 2. The Morgan fingerprint density at radius 2 is 2.10 bits per heavy atom. The van der Waals surface area contributed by atoms with Crippen molar-refractivity contribution in [3.63, 3.8) is 0 Å². The summed E-state index contributed by atoms with van der Waals surface area (Å²) >= 11 is 3.47. The second kappa shape index (κ2) is 5.48. The smallest absolute Gasteiger partial charge is 0.235 e. The number of amides is 1. The van der Waals surface area contributed by atoms with E-state index in [1.807, 2.05) is 29.3 Å². The van der Waals surface area contributed by atoms with Crippen molar-refractivity contribution in [3.05, 3.63) is 63.9 Å². The van der Waals surface area contributed by atoms with Gasteiger partial charge in [-0.3, -0.25) is 15.2 Å². The van der Waals surface area contributed by atoms with Crippen LogP contribution in [0.1, 0.15) is 24.1 Å². The summed E-state index contributed by atoms with van der Waals surface area (Å²) in [5, 5.41) is 1.82. The van der Waals surface area contributed by atoms with Crippen molar-refractivity contribution in [2.75, 3.05) is 5.01 Å². The van der Waals surface area contributed by atoms with Crippen molar-refractivity contribution in [2.45, 2.75) is 19.4 Å². The molecule has 1 aliphatic rings. The number of carbonyl (C=O) groups is 1. The molecule has 1 N–H and O–H groups in total. The first-order chi connectivity index (χ1) is 10.1. The molecular weight excluding hydrogens is 335 g/mol. The van der Waals surface area contributed by atoms with Gasteiger partial charge in [0.25, 0.3) is 0 Å². The quantitative estimate of drug-likeness (QED) is 0.896. The number of fused-ring (bicyclic) bond motifs is 1. The first-order valence-electron chi connectivity index (χ1n) is 6.65. The van der Waals surface area contributed by atoms with Gasteiger partial charge in [-0.15, -0.1) is 0 Å². The Hall–Kier alpha value is -1.88. The van der Waals surface area contributed by atoms with E-state index < -0.39 is 0 Å². The molecule has 0 saturated carbocycles. The molecule has 1 atom stereocenters. The Morgan fingerprint density at radius 1 is 1.33 bits per heavy atom. The number of para-hydroxylation sites is 1. The molecule has 0 aromatic heterocycles. The number of nitrogens with zero attached hydrogens (tertiary/aromatic N) is 1. The second-order valence-corrected chi connectivity index (χ2v) is 5.91. The zero-order valence-corrected chi connectivity index (χ0v) is 13.0. The molecule has 0 spiro atoms. The van der Waals surface area contributed by atoms with E-state index in [0.29, 0.717) is 0 Å². The molecule has 108 valence electrons. The Labute approximate surface area is 130 Å². The molecule has 0 fully saturated rings. The van der Waals surface area contributed by atoms with Crippen LogP contribution in [0.25, 0.3) is 0 Å². The lowest BCUT2D eigenvalue weighted by molar-refractivity contribution is -0.119. The van der Waals surface area contributed by atoms with E-state index in [0.717, 1.165) is 27.7 Å². The zero-order valence-electron chi connectivity index (χ0n) is 11.4. The van der Waals surface area contributed by atoms with E-state index in [2.05, 4.69) is 21.4 Å². The predicted octanol–water partition coefficient (Wildman–Crippen LogP) is 3.74.